The molecule has 0 amide bonds. The number of rotatable bonds is 1. The van der Waals surface area contributed by atoms with Crippen LogP contribution in [0.1, 0.15) is 68.2 Å². The maximum Gasteiger partial charge on any atom is 0.128 e. The van der Waals surface area contributed by atoms with Gasteiger partial charge in [0.25, 0.3) is 0 Å². The minimum absolute atomic E-state index is 0.225. The summed E-state index contributed by atoms with van der Waals surface area (Å²) in [4.78, 5) is 0. The van der Waals surface area contributed by atoms with Gasteiger partial charge in [0.2, 0.25) is 0 Å². The van der Waals surface area contributed by atoms with Crippen LogP contribution in [-0.2, 0) is 18.4 Å². The summed E-state index contributed by atoms with van der Waals surface area (Å²) >= 11 is 0. The van der Waals surface area contributed by atoms with E-state index in [4.69, 9.17) is 15.2 Å². The number of benzene rings is 1. The SMILES string of the molecule is Cc1c2c(c(C3(N)CCCCC3)c3c1OC(C)C3)OC(C)C2. The van der Waals surface area contributed by atoms with Crippen LogP contribution in [0.2, 0.25) is 0 Å². The first-order valence-electron chi connectivity index (χ1n) is 8.80. The predicted molar refractivity (Wildman–Crippen MR) is 87.7 cm³/mol. The van der Waals surface area contributed by atoms with Crippen LogP contribution in [-0.4, -0.2) is 12.2 Å². The summed E-state index contributed by atoms with van der Waals surface area (Å²) in [5.41, 5.74) is 11.9. The second-order valence-corrected chi connectivity index (χ2v) is 7.60. The normalized spacial score (nSPS) is 28.7. The molecule has 120 valence electrons. The van der Waals surface area contributed by atoms with Crippen LogP contribution in [0.25, 0.3) is 0 Å². The molecule has 0 bridgehead atoms. The van der Waals surface area contributed by atoms with Crippen LogP contribution in [0, 0.1) is 6.92 Å². The summed E-state index contributed by atoms with van der Waals surface area (Å²) < 4.78 is 12.4. The Morgan fingerprint density at radius 1 is 0.909 bits per heavy atom. The van der Waals surface area contributed by atoms with E-state index in [9.17, 15) is 0 Å². The Kier molecular flexibility index (Phi) is 3.19. The molecule has 4 rings (SSSR count). The van der Waals surface area contributed by atoms with Gasteiger partial charge in [0.05, 0.1) is 0 Å². The van der Waals surface area contributed by atoms with Crippen molar-refractivity contribution in [2.45, 2.75) is 83.5 Å². The van der Waals surface area contributed by atoms with E-state index >= 15 is 0 Å². The summed E-state index contributed by atoms with van der Waals surface area (Å²) in [7, 11) is 0. The standard InChI is InChI=1S/C19H27NO2/c1-11-9-14-13(3)17-15(10-12(2)21-17)16(18(14)22-11)19(20)7-5-4-6-8-19/h11-12H,4-10,20H2,1-3H3. The lowest BCUT2D eigenvalue weighted by molar-refractivity contribution is 0.236. The molecule has 22 heavy (non-hydrogen) atoms. The molecule has 2 heterocycles. The summed E-state index contributed by atoms with van der Waals surface area (Å²) in [6, 6.07) is 0. The van der Waals surface area contributed by atoms with Crippen LogP contribution in [0.3, 0.4) is 0 Å². The molecule has 0 aromatic heterocycles. The molecule has 1 aromatic rings. The van der Waals surface area contributed by atoms with Crippen molar-refractivity contribution in [2.24, 2.45) is 5.73 Å². The van der Waals surface area contributed by atoms with E-state index in [0.717, 1.165) is 37.2 Å². The summed E-state index contributed by atoms with van der Waals surface area (Å²) in [6.45, 7) is 6.49. The number of hydrogen-bond acceptors (Lipinski definition) is 3. The molecule has 2 unspecified atom stereocenters. The molecule has 1 fully saturated rings. The number of nitrogens with two attached hydrogens (primary N) is 1. The van der Waals surface area contributed by atoms with E-state index in [0.29, 0.717) is 0 Å². The third kappa shape index (κ3) is 1.98. The molecular weight excluding hydrogens is 274 g/mol. The van der Waals surface area contributed by atoms with Crippen LogP contribution in [0.15, 0.2) is 0 Å². The van der Waals surface area contributed by atoms with Crippen molar-refractivity contribution in [1.29, 1.82) is 0 Å². The van der Waals surface area contributed by atoms with E-state index in [1.165, 1.54) is 41.5 Å². The summed E-state index contributed by atoms with van der Waals surface area (Å²) in [6.07, 6.45) is 8.34. The lowest BCUT2D eigenvalue weighted by atomic mass is 9.73. The molecule has 3 heteroatoms. The van der Waals surface area contributed by atoms with Crippen molar-refractivity contribution in [3.63, 3.8) is 0 Å². The molecule has 2 aliphatic heterocycles. The van der Waals surface area contributed by atoms with Gasteiger partial charge in [0.15, 0.2) is 0 Å². The van der Waals surface area contributed by atoms with Crippen molar-refractivity contribution < 1.29 is 9.47 Å². The Morgan fingerprint density at radius 2 is 1.50 bits per heavy atom. The molecular formula is C19H27NO2. The minimum Gasteiger partial charge on any atom is -0.490 e. The maximum atomic E-state index is 6.93. The van der Waals surface area contributed by atoms with Crippen LogP contribution >= 0.6 is 0 Å². The fourth-order valence-corrected chi connectivity index (χ4v) is 4.69. The number of ether oxygens (including phenoxy) is 2. The average Bonchev–Trinajstić information content (AvgIpc) is 3.02. The highest BCUT2D eigenvalue weighted by molar-refractivity contribution is 5.64. The zero-order valence-corrected chi connectivity index (χ0v) is 14.0. The monoisotopic (exact) mass is 301 g/mol. The zero-order valence-electron chi connectivity index (χ0n) is 14.0. The Labute approximate surface area is 133 Å². The Balaban J connectivity index is 1.94. The topological polar surface area (TPSA) is 44.5 Å². The number of hydrogen-bond donors (Lipinski definition) is 1. The highest BCUT2D eigenvalue weighted by Gasteiger charge is 2.42. The molecule has 3 aliphatic rings. The highest BCUT2D eigenvalue weighted by atomic mass is 16.5. The molecule has 1 aliphatic carbocycles. The first-order chi connectivity index (χ1) is 10.5. The van der Waals surface area contributed by atoms with Crippen molar-refractivity contribution in [3.05, 3.63) is 22.3 Å². The van der Waals surface area contributed by atoms with Crippen molar-refractivity contribution in [2.75, 3.05) is 0 Å². The van der Waals surface area contributed by atoms with E-state index < -0.39 is 0 Å². The molecule has 0 spiro atoms. The third-order valence-electron chi connectivity index (χ3n) is 5.74. The maximum absolute atomic E-state index is 6.93. The van der Waals surface area contributed by atoms with Gasteiger partial charge in [0, 0.05) is 35.1 Å². The molecule has 1 aromatic carbocycles. The fraction of sp³-hybridized carbons (Fsp3) is 0.684. The van der Waals surface area contributed by atoms with Crippen molar-refractivity contribution in [1.82, 2.24) is 0 Å². The van der Waals surface area contributed by atoms with E-state index in [-0.39, 0.29) is 17.7 Å². The van der Waals surface area contributed by atoms with Gasteiger partial charge in [-0.15, -0.1) is 0 Å². The van der Waals surface area contributed by atoms with Crippen LogP contribution in [0.5, 0.6) is 11.5 Å². The van der Waals surface area contributed by atoms with Crippen LogP contribution in [0.4, 0.5) is 0 Å². The van der Waals surface area contributed by atoms with E-state index in [2.05, 4.69) is 20.8 Å². The number of fused-ring (bicyclic) bond motifs is 2. The Bertz CT molecular complexity index is 577. The van der Waals surface area contributed by atoms with Gasteiger partial charge in [-0.1, -0.05) is 19.3 Å². The smallest absolute Gasteiger partial charge is 0.128 e. The second-order valence-electron chi connectivity index (χ2n) is 7.60. The first kappa shape index (κ1) is 14.4. The second kappa shape index (κ2) is 4.89. The summed E-state index contributed by atoms with van der Waals surface area (Å²) in [5.74, 6) is 2.21. The quantitative estimate of drug-likeness (QED) is 0.859. The Morgan fingerprint density at radius 3 is 2.18 bits per heavy atom. The lowest BCUT2D eigenvalue weighted by Crippen LogP contribution is -2.40. The predicted octanol–water partition coefficient (Wildman–Crippen LogP) is 3.76. The van der Waals surface area contributed by atoms with Gasteiger partial charge in [-0.25, -0.2) is 0 Å². The van der Waals surface area contributed by atoms with Crippen molar-refractivity contribution in [3.8, 4) is 11.5 Å². The summed E-state index contributed by atoms with van der Waals surface area (Å²) in [5, 5.41) is 0. The van der Waals surface area contributed by atoms with Crippen molar-refractivity contribution >= 4 is 0 Å². The van der Waals surface area contributed by atoms with Gasteiger partial charge in [-0.2, -0.15) is 0 Å². The van der Waals surface area contributed by atoms with Gasteiger partial charge in [0.1, 0.15) is 23.7 Å². The minimum atomic E-state index is -0.225. The lowest BCUT2D eigenvalue weighted by Gasteiger charge is -2.36. The molecule has 3 nitrogen and oxygen atoms in total. The zero-order chi connectivity index (χ0) is 15.5. The molecule has 0 saturated heterocycles. The fourth-order valence-electron chi connectivity index (χ4n) is 4.69. The van der Waals surface area contributed by atoms with Crippen LogP contribution < -0.4 is 15.2 Å². The first-order valence-corrected chi connectivity index (χ1v) is 8.80. The third-order valence-corrected chi connectivity index (χ3v) is 5.74. The Hall–Kier alpha value is -1.22. The van der Waals surface area contributed by atoms with Gasteiger partial charge < -0.3 is 15.2 Å². The molecule has 1 saturated carbocycles. The van der Waals surface area contributed by atoms with Gasteiger partial charge in [-0.05, 0) is 39.2 Å². The van der Waals surface area contributed by atoms with Gasteiger partial charge in [-0.3, -0.25) is 0 Å². The average molecular weight is 301 g/mol. The highest BCUT2D eigenvalue weighted by Crippen LogP contribution is 2.52. The van der Waals surface area contributed by atoms with E-state index in [1.54, 1.807) is 0 Å². The van der Waals surface area contributed by atoms with Gasteiger partial charge >= 0.3 is 0 Å². The van der Waals surface area contributed by atoms with E-state index in [1.807, 2.05) is 0 Å². The molecule has 0 radical (unpaired) electrons. The largest absolute Gasteiger partial charge is 0.490 e. The molecule has 2 atom stereocenters. The molecule has 2 N–H and O–H groups in total.